The largest absolute Gasteiger partial charge is 0.309 e. The van der Waals surface area contributed by atoms with Gasteiger partial charge in [0.1, 0.15) is 70.6 Å². The third kappa shape index (κ3) is 5.19. The van der Waals surface area contributed by atoms with E-state index in [0.717, 1.165) is 77.1 Å². The van der Waals surface area contributed by atoms with Gasteiger partial charge in [0.2, 0.25) is 0 Å². The van der Waals surface area contributed by atoms with Crippen molar-refractivity contribution in [2.24, 2.45) is 0 Å². The van der Waals surface area contributed by atoms with E-state index in [9.17, 15) is 0 Å². The first-order valence-corrected chi connectivity index (χ1v) is 20.1. The zero-order valence-electron chi connectivity index (χ0n) is 32.1. The third-order valence-corrected chi connectivity index (χ3v) is 13.2. The van der Waals surface area contributed by atoms with Gasteiger partial charge in [-0.2, -0.15) is 0 Å². The van der Waals surface area contributed by atoms with E-state index >= 15 is 0 Å². The van der Waals surface area contributed by atoms with Crippen LogP contribution in [0.1, 0.15) is 0 Å². The Hall–Kier alpha value is -5.84. The Balaban J connectivity index is 1.12. The molecule has 0 amide bonds. The Kier molecular flexibility index (Phi) is 8.42. The predicted molar refractivity (Wildman–Crippen MR) is 267 cm³/mol. The smallest absolute Gasteiger partial charge is 0.115 e. The second-order valence-electron chi connectivity index (χ2n) is 15.3. The summed E-state index contributed by atoms with van der Waals surface area (Å²) in [6, 6.07) is 44.1. The minimum absolute atomic E-state index is 0.180. The number of para-hydroxylation sites is 1. The lowest BCUT2D eigenvalue weighted by Gasteiger charge is -2.22. The summed E-state index contributed by atoms with van der Waals surface area (Å²) in [4.78, 5) is 0. The van der Waals surface area contributed by atoms with Crippen LogP contribution in [0.15, 0.2) is 127 Å². The van der Waals surface area contributed by atoms with Gasteiger partial charge in [0.15, 0.2) is 0 Å². The lowest BCUT2D eigenvalue weighted by atomic mass is 9.59. The molecule has 11 aromatic rings. The number of thiophene rings is 1. The van der Waals surface area contributed by atoms with Gasteiger partial charge in [-0.25, -0.2) is 0 Å². The fraction of sp³-hybridized carbons (Fsp3) is 0. The monoisotopic (exact) mass is 756 g/mol. The van der Waals surface area contributed by atoms with E-state index in [1.807, 2.05) is 24.3 Å². The highest BCUT2D eigenvalue weighted by Crippen LogP contribution is 2.42. The molecule has 2 nitrogen and oxygen atoms in total. The van der Waals surface area contributed by atoms with Gasteiger partial charge < -0.3 is 9.13 Å². The van der Waals surface area contributed by atoms with E-state index in [0.29, 0.717) is 16.5 Å². The van der Waals surface area contributed by atoms with Crippen LogP contribution >= 0.6 is 11.3 Å². The van der Waals surface area contributed by atoms with Crippen molar-refractivity contribution in [3.63, 3.8) is 0 Å². The Morgan fingerprint density at radius 1 is 0.350 bits per heavy atom. The van der Waals surface area contributed by atoms with Gasteiger partial charge in [0, 0.05) is 47.5 Å². The molecule has 0 saturated carbocycles. The minimum Gasteiger partial charge on any atom is -0.309 e. The van der Waals surface area contributed by atoms with E-state index in [1.165, 1.54) is 14.8 Å². The molecule has 0 saturated heterocycles. The number of benzene rings is 8. The highest BCUT2D eigenvalue weighted by molar-refractivity contribution is 7.25. The van der Waals surface area contributed by atoms with Crippen LogP contribution in [0.25, 0.3) is 97.4 Å². The average molecular weight is 755 g/mol. The molecule has 0 aliphatic heterocycles. The van der Waals surface area contributed by atoms with Crippen LogP contribution < -0.4 is 49.2 Å². The summed E-state index contributed by atoms with van der Waals surface area (Å²) in [7, 11) is 58.6. The summed E-state index contributed by atoms with van der Waals surface area (Å²) < 4.78 is 6.80. The first-order valence-electron chi connectivity index (χ1n) is 19.3. The molecule has 0 unspecified atom stereocenters. The molecule has 0 spiro atoms. The van der Waals surface area contributed by atoms with Gasteiger partial charge in [0.25, 0.3) is 0 Å². The number of hydrogen-bond donors (Lipinski definition) is 0. The lowest BCUT2D eigenvalue weighted by Crippen LogP contribution is -2.55. The van der Waals surface area contributed by atoms with Crippen molar-refractivity contribution in [2.45, 2.75) is 0 Å². The Labute approximate surface area is 363 Å². The van der Waals surface area contributed by atoms with Gasteiger partial charge in [-0.05, 0) is 88.3 Å². The van der Waals surface area contributed by atoms with E-state index in [1.54, 1.807) is 11.3 Å². The van der Waals surface area contributed by atoms with Crippen molar-refractivity contribution in [1.29, 1.82) is 0 Å². The average Bonchev–Trinajstić information content (AvgIpc) is 3.94. The second-order valence-corrected chi connectivity index (χ2v) is 16.4. The van der Waals surface area contributed by atoms with Gasteiger partial charge in [-0.3, -0.25) is 0 Å². The molecule has 256 valence electrons. The van der Waals surface area contributed by atoms with Gasteiger partial charge in [-0.15, -0.1) is 38.7 Å². The van der Waals surface area contributed by atoms with Gasteiger partial charge >= 0.3 is 0 Å². The molecule has 3 aromatic heterocycles. The maximum atomic E-state index is 6.90. The number of fused-ring (bicyclic) bond motifs is 9. The molecule has 3 heterocycles. The molecule has 0 aliphatic carbocycles. The second kappa shape index (κ2) is 13.6. The Bertz CT molecular complexity index is 3650. The summed E-state index contributed by atoms with van der Waals surface area (Å²) in [5.74, 6) is 0. The number of hydrogen-bond acceptors (Lipinski definition) is 1. The van der Waals surface area contributed by atoms with Crippen LogP contribution in [-0.4, -0.2) is 79.8 Å². The van der Waals surface area contributed by atoms with Crippen LogP contribution in [0.2, 0.25) is 0 Å². The van der Waals surface area contributed by atoms with Crippen molar-refractivity contribution in [1.82, 2.24) is 9.13 Å². The Morgan fingerprint density at radius 3 is 1.67 bits per heavy atom. The molecule has 0 fully saturated rings. The van der Waals surface area contributed by atoms with Gasteiger partial charge in [-0.1, -0.05) is 88.6 Å². The van der Waals surface area contributed by atoms with Crippen LogP contribution in [0.3, 0.4) is 0 Å². The molecular weight excluding hydrogens is 734 g/mol. The minimum atomic E-state index is 0.180. The molecule has 18 radical (unpaired) electrons. The molecule has 60 heavy (non-hydrogen) atoms. The highest BCUT2D eigenvalue weighted by Gasteiger charge is 2.22. The molecule has 0 N–H and O–H groups in total. The summed E-state index contributed by atoms with van der Waals surface area (Å²) in [5, 5.41) is 6.14. The molecule has 12 heteroatoms. The topological polar surface area (TPSA) is 9.86 Å². The lowest BCUT2D eigenvalue weighted by molar-refractivity contribution is 1.18. The fourth-order valence-electron chi connectivity index (χ4n) is 9.14. The standard InChI is InChI=1S/C48H21B9N2S/c49-39-36(40(50)43(53)45(55)42(39)52)24-7-5-8-25(19-24)58-30-11-3-1-9-26(30)28-20-22(15-17-31(28)58)23-16-18-32-29(21-23)38-41(51)44(54)46(56)47(57)48(38)59(32)33-12-6-14-35-37(33)27-10-2-4-13-34(27)60-35/h1-21H. The molecule has 0 bridgehead atoms. The Morgan fingerprint density at radius 2 is 0.917 bits per heavy atom. The van der Waals surface area contributed by atoms with Crippen molar-refractivity contribution in [3.05, 3.63) is 127 Å². The number of nitrogens with zero attached hydrogens (tertiary/aromatic N) is 2. The van der Waals surface area contributed by atoms with E-state index < -0.39 is 0 Å². The number of rotatable bonds is 4. The first kappa shape index (κ1) is 37.2. The van der Waals surface area contributed by atoms with E-state index in [-0.39, 0.29) is 38.2 Å². The van der Waals surface area contributed by atoms with Crippen molar-refractivity contribution < 1.29 is 0 Å². The molecule has 11 rings (SSSR count). The summed E-state index contributed by atoms with van der Waals surface area (Å²) in [5.41, 5.74) is 11.4. The maximum Gasteiger partial charge on any atom is 0.115 e. The van der Waals surface area contributed by atoms with Crippen LogP contribution in [0.4, 0.5) is 0 Å². The normalized spacial score (nSPS) is 11.9. The first-order chi connectivity index (χ1) is 29.0. The van der Waals surface area contributed by atoms with Gasteiger partial charge in [0.05, 0.1) is 22.2 Å². The predicted octanol–water partition coefficient (Wildman–Crippen LogP) is 2.73. The van der Waals surface area contributed by atoms with E-state index in [4.69, 9.17) is 70.6 Å². The summed E-state index contributed by atoms with van der Waals surface area (Å²) in [6.45, 7) is 0. The fourth-order valence-corrected chi connectivity index (χ4v) is 10.3. The summed E-state index contributed by atoms with van der Waals surface area (Å²) in [6.07, 6.45) is 0. The van der Waals surface area contributed by atoms with Crippen molar-refractivity contribution >= 4 is 195 Å². The summed E-state index contributed by atoms with van der Waals surface area (Å²) >= 11 is 1.76. The number of aromatic nitrogens is 2. The van der Waals surface area contributed by atoms with Crippen molar-refractivity contribution in [2.75, 3.05) is 0 Å². The van der Waals surface area contributed by atoms with Crippen LogP contribution in [-0.2, 0) is 0 Å². The van der Waals surface area contributed by atoms with Crippen LogP contribution in [0, 0.1) is 0 Å². The molecule has 0 aliphatic rings. The highest BCUT2D eigenvalue weighted by atomic mass is 32.1. The van der Waals surface area contributed by atoms with E-state index in [2.05, 4.69) is 112 Å². The SMILES string of the molecule is [B]c1c([B])c([B])c(-c2cccc(-n3c4ccccc4c4cc(-c5ccc6c(c5)c5c([B])c([B])c([B])c([B])c5n6-c5cccc6sc7ccccc7c56)ccc43)c2)c([B])c1[B]. The van der Waals surface area contributed by atoms with Crippen molar-refractivity contribution in [3.8, 4) is 33.6 Å². The third-order valence-electron chi connectivity index (χ3n) is 12.1. The zero-order chi connectivity index (χ0) is 41.3. The molecular formula is C48H21B9N2S. The quantitative estimate of drug-likeness (QED) is 0.245. The maximum absolute atomic E-state index is 6.90. The molecule has 8 aromatic carbocycles. The molecule has 0 atom stereocenters. The zero-order valence-corrected chi connectivity index (χ0v) is 32.9. The van der Waals surface area contributed by atoms with Crippen LogP contribution in [0.5, 0.6) is 0 Å².